The van der Waals surface area contributed by atoms with Crippen LogP contribution in [0.1, 0.15) is 56.6 Å². The van der Waals surface area contributed by atoms with Gasteiger partial charge in [-0.1, -0.05) is 13.0 Å². The van der Waals surface area contributed by atoms with E-state index in [-0.39, 0.29) is 17.3 Å². The maximum atomic E-state index is 12.4. The molecule has 2 saturated carbocycles. The van der Waals surface area contributed by atoms with E-state index in [0.29, 0.717) is 17.8 Å². The molecule has 4 aliphatic rings. The van der Waals surface area contributed by atoms with E-state index in [9.17, 15) is 4.79 Å². The standard InChI is InChI=1S/C21H26O3/c1-12(22)21-19(24-21)11-18-17-6-4-13-10-14(23-3)5-7-15(13)16(17)8-9-20(18,21)2/h5,7,10,16-19H,4,6,8-9,11H2,1-3H3/t16?,17?,18?,19?,20-,21?/m0/s1. The zero-order chi connectivity index (χ0) is 16.7. The number of hydrogen-bond donors (Lipinski definition) is 0. The average molecular weight is 326 g/mol. The summed E-state index contributed by atoms with van der Waals surface area (Å²) in [4.78, 5) is 12.4. The van der Waals surface area contributed by atoms with E-state index in [0.717, 1.165) is 25.0 Å². The van der Waals surface area contributed by atoms with Crippen LogP contribution in [0.15, 0.2) is 18.2 Å². The highest BCUT2D eigenvalue weighted by atomic mass is 16.6. The quantitative estimate of drug-likeness (QED) is 0.774. The Balaban J connectivity index is 1.51. The highest BCUT2D eigenvalue weighted by Gasteiger charge is 2.78. The fourth-order valence-electron chi connectivity index (χ4n) is 6.75. The fraction of sp³-hybridized carbons (Fsp3) is 0.667. The molecule has 3 aliphatic carbocycles. The van der Waals surface area contributed by atoms with Crippen molar-refractivity contribution in [3.8, 4) is 5.75 Å². The zero-order valence-electron chi connectivity index (χ0n) is 14.8. The van der Waals surface area contributed by atoms with Gasteiger partial charge in [-0.25, -0.2) is 0 Å². The molecule has 0 N–H and O–H groups in total. The van der Waals surface area contributed by atoms with Crippen LogP contribution in [-0.2, 0) is 16.0 Å². The Morgan fingerprint density at radius 1 is 1.33 bits per heavy atom. The second kappa shape index (κ2) is 4.63. The first-order valence-corrected chi connectivity index (χ1v) is 9.37. The number of rotatable bonds is 2. The Bertz CT molecular complexity index is 726. The first kappa shape index (κ1) is 14.9. The molecule has 1 heterocycles. The van der Waals surface area contributed by atoms with Gasteiger partial charge < -0.3 is 9.47 Å². The molecule has 1 saturated heterocycles. The Kier molecular flexibility index (Phi) is 2.88. The van der Waals surface area contributed by atoms with Gasteiger partial charge in [0.2, 0.25) is 0 Å². The van der Waals surface area contributed by atoms with Gasteiger partial charge in [-0.2, -0.15) is 0 Å². The number of ether oxygens (including phenoxy) is 2. The molecule has 6 atom stereocenters. The lowest BCUT2D eigenvalue weighted by Crippen LogP contribution is -2.49. The molecule has 0 aromatic heterocycles. The molecule has 3 fully saturated rings. The summed E-state index contributed by atoms with van der Waals surface area (Å²) in [5, 5.41) is 0. The van der Waals surface area contributed by atoms with E-state index in [1.54, 1.807) is 14.0 Å². The van der Waals surface area contributed by atoms with Crippen LogP contribution in [0.2, 0.25) is 0 Å². The highest BCUT2D eigenvalue weighted by molar-refractivity contribution is 5.90. The van der Waals surface area contributed by atoms with Crippen LogP contribution < -0.4 is 4.74 Å². The molecular weight excluding hydrogens is 300 g/mol. The number of ketones is 1. The van der Waals surface area contributed by atoms with Crippen molar-refractivity contribution >= 4 is 5.78 Å². The summed E-state index contributed by atoms with van der Waals surface area (Å²) in [6.45, 7) is 4.08. The van der Waals surface area contributed by atoms with Gasteiger partial charge in [-0.05, 0) is 80.0 Å². The van der Waals surface area contributed by atoms with Crippen molar-refractivity contribution in [2.45, 2.75) is 63.6 Å². The molecule has 24 heavy (non-hydrogen) atoms. The van der Waals surface area contributed by atoms with Crippen molar-refractivity contribution in [3.05, 3.63) is 29.3 Å². The topological polar surface area (TPSA) is 38.8 Å². The normalized spacial score (nSPS) is 44.8. The van der Waals surface area contributed by atoms with Crippen molar-refractivity contribution in [2.24, 2.45) is 17.3 Å². The van der Waals surface area contributed by atoms with Gasteiger partial charge in [0.15, 0.2) is 11.4 Å². The summed E-state index contributed by atoms with van der Waals surface area (Å²) in [7, 11) is 1.74. The molecule has 128 valence electrons. The van der Waals surface area contributed by atoms with Crippen LogP contribution in [0.5, 0.6) is 5.75 Å². The summed E-state index contributed by atoms with van der Waals surface area (Å²) < 4.78 is 11.4. The van der Waals surface area contributed by atoms with E-state index in [1.807, 2.05) is 0 Å². The van der Waals surface area contributed by atoms with Crippen LogP contribution in [-0.4, -0.2) is 24.6 Å². The molecule has 1 aromatic rings. The maximum Gasteiger partial charge on any atom is 0.164 e. The lowest BCUT2D eigenvalue weighted by molar-refractivity contribution is -0.131. The number of carbonyl (C=O) groups excluding carboxylic acids is 1. The highest BCUT2D eigenvalue weighted by Crippen LogP contribution is 2.72. The molecule has 0 amide bonds. The van der Waals surface area contributed by atoms with Gasteiger partial charge in [0.25, 0.3) is 0 Å². The number of carbonyl (C=O) groups is 1. The smallest absolute Gasteiger partial charge is 0.164 e. The first-order valence-electron chi connectivity index (χ1n) is 9.37. The molecule has 5 rings (SSSR count). The molecule has 3 heteroatoms. The Morgan fingerprint density at radius 2 is 2.17 bits per heavy atom. The third-order valence-corrected chi connectivity index (χ3v) is 7.89. The minimum Gasteiger partial charge on any atom is -0.497 e. The number of Topliss-reactive ketones (excluding diaryl/α,β-unsaturated/α-hetero) is 1. The molecular formula is C21H26O3. The number of fused-ring (bicyclic) bond motifs is 7. The second-order valence-corrected chi connectivity index (χ2v) is 8.57. The van der Waals surface area contributed by atoms with Crippen LogP contribution in [0, 0.1) is 17.3 Å². The molecule has 5 unspecified atom stereocenters. The molecule has 0 radical (unpaired) electrons. The van der Waals surface area contributed by atoms with Crippen LogP contribution in [0.4, 0.5) is 0 Å². The minimum absolute atomic E-state index is 0.0502. The van der Waals surface area contributed by atoms with Gasteiger partial charge in [0.1, 0.15) is 5.75 Å². The molecule has 1 aromatic carbocycles. The summed E-state index contributed by atoms with van der Waals surface area (Å²) in [5.74, 6) is 3.22. The minimum atomic E-state index is -0.442. The van der Waals surface area contributed by atoms with Crippen molar-refractivity contribution in [3.63, 3.8) is 0 Å². The Morgan fingerprint density at radius 3 is 2.92 bits per heavy atom. The van der Waals surface area contributed by atoms with Gasteiger partial charge in [0, 0.05) is 5.41 Å². The molecule has 1 aliphatic heterocycles. The zero-order valence-corrected chi connectivity index (χ0v) is 14.8. The van der Waals surface area contributed by atoms with Crippen LogP contribution in [0.25, 0.3) is 0 Å². The maximum absolute atomic E-state index is 12.4. The summed E-state index contributed by atoms with van der Waals surface area (Å²) >= 11 is 0. The van der Waals surface area contributed by atoms with Crippen molar-refractivity contribution in [1.82, 2.24) is 0 Å². The van der Waals surface area contributed by atoms with Crippen LogP contribution in [0.3, 0.4) is 0 Å². The third kappa shape index (κ3) is 1.60. The van der Waals surface area contributed by atoms with E-state index < -0.39 is 5.60 Å². The number of aryl methyl sites for hydroxylation is 1. The van der Waals surface area contributed by atoms with Gasteiger partial charge in [-0.3, -0.25) is 4.79 Å². The van der Waals surface area contributed by atoms with Crippen molar-refractivity contribution in [2.75, 3.05) is 7.11 Å². The summed E-state index contributed by atoms with van der Waals surface area (Å²) in [5.41, 5.74) is 2.62. The van der Waals surface area contributed by atoms with Gasteiger partial charge >= 0.3 is 0 Å². The Labute approximate surface area is 143 Å². The number of benzene rings is 1. The third-order valence-electron chi connectivity index (χ3n) is 7.89. The second-order valence-electron chi connectivity index (χ2n) is 8.57. The lowest BCUT2D eigenvalue weighted by atomic mass is 9.53. The van der Waals surface area contributed by atoms with Crippen molar-refractivity contribution in [1.29, 1.82) is 0 Å². The van der Waals surface area contributed by atoms with Crippen molar-refractivity contribution < 1.29 is 14.3 Å². The number of epoxide rings is 1. The van der Waals surface area contributed by atoms with E-state index in [4.69, 9.17) is 9.47 Å². The first-order chi connectivity index (χ1) is 11.5. The Hall–Kier alpha value is -1.35. The molecule has 0 spiro atoms. The predicted molar refractivity (Wildman–Crippen MR) is 91.3 cm³/mol. The van der Waals surface area contributed by atoms with Crippen LogP contribution >= 0.6 is 0 Å². The monoisotopic (exact) mass is 326 g/mol. The van der Waals surface area contributed by atoms with Gasteiger partial charge in [0.05, 0.1) is 13.2 Å². The van der Waals surface area contributed by atoms with E-state index in [2.05, 4.69) is 25.1 Å². The predicted octanol–water partition coefficient (Wildman–Crippen LogP) is 3.89. The number of hydrogen-bond acceptors (Lipinski definition) is 3. The average Bonchev–Trinajstić information content (AvgIpc) is 3.27. The lowest BCUT2D eigenvalue weighted by Gasteiger charge is -2.51. The summed E-state index contributed by atoms with van der Waals surface area (Å²) in [6, 6.07) is 6.63. The van der Waals surface area contributed by atoms with Gasteiger partial charge in [-0.15, -0.1) is 0 Å². The fourth-order valence-corrected chi connectivity index (χ4v) is 6.75. The van der Waals surface area contributed by atoms with E-state index >= 15 is 0 Å². The number of methoxy groups -OCH3 is 1. The largest absolute Gasteiger partial charge is 0.497 e. The molecule has 0 bridgehead atoms. The SMILES string of the molecule is COc1ccc2c(c1)CCC1C2CC[C@@]2(C)C1CC1OC12C(C)=O. The summed E-state index contributed by atoms with van der Waals surface area (Å²) in [6.07, 6.45) is 5.96. The molecule has 3 nitrogen and oxygen atoms in total. The van der Waals surface area contributed by atoms with E-state index in [1.165, 1.54) is 24.0 Å².